The summed E-state index contributed by atoms with van der Waals surface area (Å²) in [6.45, 7) is 0.419. The molecule has 1 heterocycles. The Kier molecular flexibility index (Phi) is 11.5. The number of hydrogen-bond acceptors (Lipinski definition) is 7. The first kappa shape index (κ1) is 30.0. The summed E-state index contributed by atoms with van der Waals surface area (Å²) in [4.78, 5) is 66.9. The van der Waals surface area contributed by atoms with Crippen LogP contribution >= 0.6 is 0 Å². The molecule has 1 aliphatic heterocycles. The summed E-state index contributed by atoms with van der Waals surface area (Å²) in [5.41, 5.74) is 16.9. The number of carboxylic acids is 2. The van der Waals surface area contributed by atoms with Crippen LogP contribution in [0.25, 0.3) is 0 Å². The Bertz CT molecular complexity index is 1030. The number of nitrogens with two attached hydrogens (primary N) is 3. The van der Waals surface area contributed by atoms with Gasteiger partial charge in [0.25, 0.3) is 0 Å². The predicted octanol–water partition coefficient (Wildman–Crippen LogP) is -1.87. The van der Waals surface area contributed by atoms with Crippen LogP contribution < -0.4 is 27.8 Å². The van der Waals surface area contributed by atoms with Gasteiger partial charge < -0.3 is 42.9 Å². The molecule has 0 aliphatic carbocycles. The Hall–Kier alpha value is -4.20. The number of hydrogen-bond donors (Lipinski definition) is 7. The van der Waals surface area contributed by atoms with Gasteiger partial charge in [-0.2, -0.15) is 0 Å². The minimum Gasteiger partial charge on any atom is -0.481 e. The lowest BCUT2D eigenvalue weighted by Gasteiger charge is -2.30. The molecule has 10 N–H and O–H groups in total. The molecule has 0 radical (unpaired) electrons. The molecule has 0 bridgehead atoms. The monoisotopic (exact) mass is 533 g/mol. The topological polar surface area (TPSA) is 244 Å². The number of aliphatic imine (C=N–C) groups is 1. The van der Waals surface area contributed by atoms with Crippen molar-refractivity contribution < 1.29 is 34.2 Å². The van der Waals surface area contributed by atoms with Crippen molar-refractivity contribution in [3.63, 3.8) is 0 Å². The lowest BCUT2D eigenvalue weighted by Crippen LogP contribution is -2.57. The zero-order valence-electron chi connectivity index (χ0n) is 20.9. The normalized spacial score (nSPS) is 17.1. The largest absolute Gasteiger partial charge is 0.481 e. The maximum Gasteiger partial charge on any atom is 0.326 e. The zero-order chi connectivity index (χ0) is 28.2. The molecule has 208 valence electrons. The van der Waals surface area contributed by atoms with E-state index in [-0.39, 0.29) is 31.9 Å². The average molecular weight is 534 g/mol. The number of carboxylic acid groups (broad SMARTS) is 2. The summed E-state index contributed by atoms with van der Waals surface area (Å²) in [5.74, 6) is -4.61. The second-order valence-corrected chi connectivity index (χ2v) is 8.99. The van der Waals surface area contributed by atoms with Crippen molar-refractivity contribution in [3.05, 3.63) is 35.9 Å². The fraction of sp³-hybridized carbons (Fsp3) is 0.500. The van der Waals surface area contributed by atoms with Crippen LogP contribution in [0.15, 0.2) is 35.3 Å². The maximum atomic E-state index is 13.6. The zero-order valence-corrected chi connectivity index (χ0v) is 20.9. The van der Waals surface area contributed by atoms with Gasteiger partial charge in [-0.25, -0.2) is 4.79 Å². The first-order valence-corrected chi connectivity index (χ1v) is 12.2. The SMILES string of the molecule is NC(N)=NCCCC(NC(=O)C1CCCN1C(=O)C(Cc1ccccc1)NC(=O)C(N)CC(=O)O)C(=O)O. The third-order valence-corrected chi connectivity index (χ3v) is 6.03. The third kappa shape index (κ3) is 9.35. The first-order valence-electron chi connectivity index (χ1n) is 12.2. The number of benzene rings is 1. The number of aliphatic carboxylic acids is 2. The lowest BCUT2D eigenvalue weighted by molar-refractivity contribution is -0.145. The second kappa shape index (κ2) is 14.5. The molecule has 2 rings (SSSR count). The van der Waals surface area contributed by atoms with Gasteiger partial charge in [0.05, 0.1) is 12.5 Å². The highest BCUT2D eigenvalue weighted by molar-refractivity contribution is 5.95. The molecule has 38 heavy (non-hydrogen) atoms. The number of rotatable bonds is 14. The molecule has 3 amide bonds. The molecule has 1 fully saturated rings. The number of nitrogens with zero attached hydrogens (tertiary/aromatic N) is 2. The van der Waals surface area contributed by atoms with Crippen LogP contribution in [0.2, 0.25) is 0 Å². The highest BCUT2D eigenvalue weighted by Crippen LogP contribution is 2.20. The lowest BCUT2D eigenvalue weighted by atomic mass is 10.0. The van der Waals surface area contributed by atoms with E-state index in [1.54, 1.807) is 30.3 Å². The number of nitrogens with one attached hydrogen (secondary N) is 2. The van der Waals surface area contributed by atoms with E-state index >= 15 is 0 Å². The summed E-state index contributed by atoms with van der Waals surface area (Å²) in [6, 6.07) is 4.21. The fourth-order valence-electron chi connectivity index (χ4n) is 4.14. The fourth-order valence-corrected chi connectivity index (χ4v) is 4.14. The van der Waals surface area contributed by atoms with Crippen molar-refractivity contribution in [2.24, 2.45) is 22.2 Å². The molecule has 4 atom stereocenters. The van der Waals surface area contributed by atoms with Crippen molar-refractivity contribution >= 4 is 35.6 Å². The molecule has 1 aromatic rings. The van der Waals surface area contributed by atoms with Crippen LogP contribution in [0.3, 0.4) is 0 Å². The van der Waals surface area contributed by atoms with Crippen molar-refractivity contribution in [2.75, 3.05) is 13.1 Å². The van der Waals surface area contributed by atoms with E-state index in [4.69, 9.17) is 22.3 Å². The van der Waals surface area contributed by atoms with Gasteiger partial charge in [-0.3, -0.25) is 24.2 Å². The summed E-state index contributed by atoms with van der Waals surface area (Å²) in [7, 11) is 0. The number of likely N-dealkylation sites (tertiary alicyclic amines) is 1. The van der Waals surface area contributed by atoms with E-state index in [0.29, 0.717) is 19.3 Å². The molecule has 4 unspecified atom stereocenters. The second-order valence-electron chi connectivity index (χ2n) is 8.99. The Balaban J connectivity index is 2.15. The van der Waals surface area contributed by atoms with Gasteiger partial charge in [-0.05, 0) is 31.2 Å². The van der Waals surface area contributed by atoms with Gasteiger partial charge in [0.15, 0.2) is 5.96 Å². The highest BCUT2D eigenvalue weighted by atomic mass is 16.4. The van der Waals surface area contributed by atoms with Crippen LogP contribution in [-0.4, -0.2) is 88.0 Å². The molecule has 1 aromatic carbocycles. The Morgan fingerprint density at radius 3 is 2.34 bits per heavy atom. The molecular formula is C24H35N7O7. The number of guanidine groups is 1. The standard InChI is InChI=1S/C24H35N7O7/c25-15(13-19(32)33)20(34)30-17(12-14-6-2-1-3-7-14)22(36)31-11-5-9-18(31)21(35)29-16(23(37)38)8-4-10-28-24(26)27/h1-3,6-7,15-18H,4-5,8-13,25H2,(H,29,35)(H,30,34)(H,32,33)(H,37,38)(H4,26,27,28). The van der Waals surface area contributed by atoms with Gasteiger partial charge in [0, 0.05) is 19.5 Å². The smallest absolute Gasteiger partial charge is 0.326 e. The minimum absolute atomic E-state index is 0.0761. The molecule has 0 saturated carbocycles. The molecule has 0 spiro atoms. The molecular weight excluding hydrogens is 498 g/mol. The van der Waals surface area contributed by atoms with E-state index in [1.807, 2.05) is 0 Å². The first-order chi connectivity index (χ1) is 18.0. The van der Waals surface area contributed by atoms with Crippen LogP contribution in [0.5, 0.6) is 0 Å². The van der Waals surface area contributed by atoms with Crippen LogP contribution in [0.4, 0.5) is 0 Å². The number of carbonyl (C=O) groups is 5. The molecule has 0 aromatic heterocycles. The average Bonchev–Trinajstić information content (AvgIpc) is 3.35. The summed E-state index contributed by atoms with van der Waals surface area (Å²) < 4.78 is 0. The Morgan fingerprint density at radius 2 is 1.74 bits per heavy atom. The molecule has 1 aliphatic rings. The van der Waals surface area contributed by atoms with Crippen LogP contribution in [0, 0.1) is 0 Å². The van der Waals surface area contributed by atoms with E-state index < -0.39 is 60.2 Å². The molecule has 14 heteroatoms. The Morgan fingerprint density at radius 1 is 1.05 bits per heavy atom. The minimum atomic E-state index is -1.37. The summed E-state index contributed by atoms with van der Waals surface area (Å²) >= 11 is 0. The van der Waals surface area contributed by atoms with Gasteiger partial charge in [-0.1, -0.05) is 30.3 Å². The van der Waals surface area contributed by atoms with Crippen molar-refractivity contribution in [1.82, 2.24) is 15.5 Å². The van der Waals surface area contributed by atoms with Gasteiger partial charge >= 0.3 is 11.9 Å². The quantitative estimate of drug-likeness (QED) is 0.0797. The highest BCUT2D eigenvalue weighted by Gasteiger charge is 2.39. The van der Waals surface area contributed by atoms with E-state index in [2.05, 4.69) is 15.6 Å². The summed E-state index contributed by atoms with van der Waals surface area (Å²) in [5, 5.41) is 23.5. The van der Waals surface area contributed by atoms with Gasteiger partial charge in [-0.15, -0.1) is 0 Å². The summed E-state index contributed by atoms with van der Waals surface area (Å²) in [6.07, 6.45) is 0.654. The Labute approximate surface area is 219 Å². The predicted molar refractivity (Wildman–Crippen MR) is 137 cm³/mol. The molecule has 1 saturated heterocycles. The number of amides is 3. The van der Waals surface area contributed by atoms with E-state index in [1.165, 1.54) is 4.90 Å². The van der Waals surface area contributed by atoms with Gasteiger partial charge in [0.1, 0.15) is 18.1 Å². The number of carbonyl (C=O) groups excluding carboxylic acids is 3. The van der Waals surface area contributed by atoms with Crippen LogP contribution in [0.1, 0.15) is 37.7 Å². The van der Waals surface area contributed by atoms with Crippen molar-refractivity contribution in [2.45, 2.75) is 62.7 Å². The van der Waals surface area contributed by atoms with Crippen LogP contribution in [-0.2, 0) is 30.4 Å². The van der Waals surface area contributed by atoms with E-state index in [9.17, 15) is 29.1 Å². The van der Waals surface area contributed by atoms with Crippen molar-refractivity contribution in [3.8, 4) is 0 Å². The molecule has 14 nitrogen and oxygen atoms in total. The van der Waals surface area contributed by atoms with Crippen molar-refractivity contribution in [1.29, 1.82) is 0 Å². The van der Waals surface area contributed by atoms with E-state index in [0.717, 1.165) is 5.56 Å². The van der Waals surface area contributed by atoms with Gasteiger partial charge in [0.2, 0.25) is 17.7 Å². The maximum absolute atomic E-state index is 13.6. The third-order valence-electron chi connectivity index (χ3n) is 6.03.